The highest BCUT2D eigenvalue weighted by molar-refractivity contribution is 9.10. The minimum atomic E-state index is -0.146. The van der Waals surface area contributed by atoms with Crippen molar-refractivity contribution in [2.75, 3.05) is 32.5 Å². The van der Waals surface area contributed by atoms with Crippen molar-refractivity contribution in [2.45, 2.75) is 13.0 Å². The number of halogens is 1. The molecule has 0 fully saturated rings. The number of hydrogen-bond acceptors (Lipinski definition) is 4. The Morgan fingerprint density at radius 1 is 1.61 bits per heavy atom. The molecule has 1 N–H and O–H groups in total. The Kier molecular flexibility index (Phi) is 6.07. The molecule has 0 atom stereocenters. The molecule has 0 spiro atoms. The summed E-state index contributed by atoms with van der Waals surface area (Å²) in [4.78, 5) is 14.0. The van der Waals surface area contributed by atoms with Crippen LogP contribution in [0, 0.1) is 0 Å². The lowest BCUT2D eigenvalue weighted by atomic mass is 10.3. The molecule has 0 bridgehead atoms. The minimum absolute atomic E-state index is 0.146. The van der Waals surface area contributed by atoms with Gasteiger partial charge in [0.15, 0.2) is 0 Å². The van der Waals surface area contributed by atoms with Crippen LogP contribution in [0.3, 0.4) is 0 Å². The van der Waals surface area contributed by atoms with Gasteiger partial charge < -0.3 is 10.2 Å². The Bertz CT molecular complexity index is 456. The van der Waals surface area contributed by atoms with Gasteiger partial charge in [-0.3, -0.25) is 4.79 Å². The van der Waals surface area contributed by atoms with E-state index in [1.807, 2.05) is 14.1 Å². The number of aromatic nitrogens is 2. The summed E-state index contributed by atoms with van der Waals surface area (Å²) in [6.45, 7) is 5.82. The van der Waals surface area contributed by atoms with E-state index in [0.717, 1.165) is 25.2 Å². The van der Waals surface area contributed by atoms with Crippen molar-refractivity contribution in [3.8, 4) is 0 Å². The molecule has 0 radical (unpaired) electrons. The van der Waals surface area contributed by atoms with E-state index in [1.165, 1.54) is 4.68 Å². The van der Waals surface area contributed by atoms with Gasteiger partial charge in [0.2, 0.25) is 0 Å². The zero-order valence-corrected chi connectivity index (χ0v) is 12.4. The third-order valence-corrected chi connectivity index (χ3v) is 3.15. The highest BCUT2D eigenvalue weighted by atomic mass is 79.9. The Morgan fingerprint density at radius 3 is 2.94 bits per heavy atom. The first-order valence-corrected chi connectivity index (χ1v) is 6.60. The first-order chi connectivity index (χ1) is 8.56. The lowest BCUT2D eigenvalue weighted by Crippen LogP contribution is -2.24. The van der Waals surface area contributed by atoms with E-state index in [4.69, 9.17) is 0 Å². The van der Waals surface area contributed by atoms with Gasteiger partial charge in [-0.25, -0.2) is 4.68 Å². The lowest BCUT2D eigenvalue weighted by molar-refractivity contribution is 0.405. The Labute approximate surface area is 116 Å². The van der Waals surface area contributed by atoms with Crippen molar-refractivity contribution in [1.29, 1.82) is 0 Å². The molecule has 1 aromatic heterocycles. The molecule has 0 amide bonds. The van der Waals surface area contributed by atoms with Crippen LogP contribution in [0.15, 0.2) is 28.1 Å². The predicted molar refractivity (Wildman–Crippen MR) is 78.1 cm³/mol. The van der Waals surface area contributed by atoms with Crippen molar-refractivity contribution < 1.29 is 0 Å². The first kappa shape index (κ1) is 14.9. The maximum absolute atomic E-state index is 11.9. The fourth-order valence-electron chi connectivity index (χ4n) is 1.46. The van der Waals surface area contributed by atoms with Gasteiger partial charge in [-0.05, 0) is 43.0 Å². The number of hydrogen-bond donors (Lipinski definition) is 1. The van der Waals surface area contributed by atoms with E-state index in [9.17, 15) is 4.79 Å². The third-order valence-electron chi connectivity index (χ3n) is 2.38. The SMILES string of the molecule is C=CCn1ncc(NCCCN(C)C)c(Br)c1=O. The van der Waals surface area contributed by atoms with Gasteiger partial charge in [0, 0.05) is 6.54 Å². The Balaban J connectivity index is 2.65. The number of rotatable bonds is 7. The van der Waals surface area contributed by atoms with Crippen LogP contribution in [-0.4, -0.2) is 41.9 Å². The molecule has 0 aliphatic carbocycles. The molecule has 0 aliphatic rings. The molecule has 100 valence electrons. The van der Waals surface area contributed by atoms with Crippen molar-refractivity contribution in [3.63, 3.8) is 0 Å². The summed E-state index contributed by atoms with van der Waals surface area (Å²) in [5.74, 6) is 0. The van der Waals surface area contributed by atoms with E-state index in [2.05, 4.69) is 37.8 Å². The first-order valence-electron chi connectivity index (χ1n) is 5.81. The molecule has 0 saturated heterocycles. The average Bonchev–Trinajstić information content (AvgIpc) is 2.33. The molecule has 18 heavy (non-hydrogen) atoms. The van der Waals surface area contributed by atoms with E-state index in [0.29, 0.717) is 11.0 Å². The summed E-state index contributed by atoms with van der Waals surface area (Å²) < 4.78 is 1.88. The van der Waals surface area contributed by atoms with Gasteiger partial charge in [0.25, 0.3) is 5.56 Å². The second-order valence-electron chi connectivity index (χ2n) is 4.23. The lowest BCUT2D eigenvalue weighted by Gasteiger charge is -2.12. The van der Waals surface area contributed by atoms with Crippen LogP contribution >= 0.6 is 15.9 Å². The maximum Gasteiger partial charge on any atom is 0.283 e. The molecular formula is C12H19BrN4O. The Hall–Kier alpha value is -1.14. The van der Waals surface area contributed by atoms with Gasteiger partial charge >= 0.3 is 0 Å². The van der Waals surface area contributed by atoms with Crippen LogP contribution in [0.2, 0.25) is 0 Å². The standard InChI is InChI=1S/C12H19BrN4O/c1-4-7-17-12(18)11(13)10(9-15-17)14-6-5-8-16(2)3/h4,9,14H,1,5-8H2,2-3H3. The Morgan fingerprint density at radius 2 is 2.33 bits per heavy atom. The van der Waals surface area contributed by atoms with Gasteiger partial charge in [0.1, 0.15) is 4.47 Å². The number of anilines is 1. The summed E-state index contributed by atoms with van der Waals surface area (Å²) in [5, 5.41) is 7.28. The normalized spacial score (nSPS) is 10.7. The van der Waals surface area contributed by atoms with Crippen molar-refractivity contribution in [2.24, 2.45) is 0 Å². The van der Waals surface area contributed by atoms with E-state index >= 15 is 0 Å². The minimum Gasteiger partial charge on any atom is -0.383 e. The van der Waals surface area contributed by atoms with Crippen LogP contribution in [0.4, 0.5) is 5.69 Å². The van der Waals surface area contributed by atoms with Gasteiger partial charge in [-0.15, -0.1) is 6.58 Å². The molecule has 1 heterocycles. The largest absolute Gasteiger partial charge is 0.383 e. The smallest absolute Gasteiger partial charge is 0.283 e. The van der Waals surface area contributed by atoms with E-state index < -0.39 is 0 Å². The molecule has 0 unspecified atom stereocenters. The van der Waals surface area contributed by atoms with E-state index in [1.54, 1.807) is 12.3 Å². The van der Waals surface area contributed by atoms with Crippen molar-refractivity contribution in [3.05, 3.63) is 33.7 Å². The fraction of sp³-hybridized carbons (Fsp3) is 0.500. The quantitative estimate of drug-likeness (QED) is 0.613. The predicted octanol–water partition coefficient (Wildman–Crippen LogP) is 1.56. The summed E-state index contributed by atoms with van der Waals surface area (Å²) in [6.07, 6.45) is 4.31. The highest BCUT2D eigenvalue weighted by Crippen LogP contribution is 2.15. The van der Waals surface area contributed by atoms with E-state index in [-0.39, 0.29) is 5.56 Å². The maximum atomic E-state index is 11.9. The van der Waals surface area contributed by atoms with Gasteiger partial charge in [0.05, 0.1) is 18.4 Å². The highest BCUT2D eigenvalue weighted by Gasteiger charge is 2.07. The molecule has 0 aliphatic heterocycles. The number of allylic oxidation sites excluding steroid dienone is 1. The topological polar surface area (TPSA) is 50.2 Å². The second-order valence-corrected chi connectivity index (χ2v) is 5.02. The van der Waals surface area contributed by atoms with Gasteiger partial charge in [-0.2, -0.15) is 5.10 Å². The molecule has 0 aromatic carbocycles. The summed E-state index contributed by atoms with van der Waals surface area (Å²) in [5.41, 5.74) is 0.589. The summed E-state index contributed by atoms with van der Waals surface area (Å²) in [7, 11) is 4.07. The fourth-order valence-corrected chi connectivity index (χ4v) is 1.91. The molecule has 0 saturated carbocycles. The van der Waals surface area contributed by atoms with Gasteiger partial charge in [-0.1, -0.05) is 6.08 Å². The van der Waals surface area contributed by atoms with Crippen molar-refractivity contribution in [1.82, 2.24) is 14.7 Å². The summed E-state index contributed by atoms with van der Waals surface area (Å²) >= 11 is 3.30. The zero-order chi connectivity index (χ0) is 13.5. The van der Waals surface area contributed by atoms with Crippen molar-refractivity contribution >= 4 is 21.6 Å². The molecular weight excluding hydrogens is 296 g/mol. The summed E-state index contributed by atoms with van der Waals surface area (Å²) in [6, 6.07) is 0. The molecule has 1 rings (SSSR count). The molecule has 1 aromatic rings. The van der Waals surface area contributed by atoms with Crippen LogP contribution in [0.1, 0.15) is 6.42 Å². The van der Waals surface area contributed by atoms with Crippen LogP contribution in [0.5, 0.6) is 0 Å². The van der Waals surface area contributed by atoms with Crippen LogP contribution in [-0.2, 0) is 6.54 Å². The molecule has 6 heteroatoms. The molecule has 5 nitrogen and oxygen atoms in total. The average molecular weight is 315 g/mol. The monoisotopic (exact) mass is 314 g/mol. The number of nitrogens with zero attached hydrogens (tertiary/aromatic N) is 3. The zero-order valence-electron chi connectivity index (χ0n) is 10.8. The number of nitrogens with one attached hydrogen (secondary N) is 1. The third kappa shape index (κ3) is 4.27. The van der Waals surface area contributed by atoms with Crippen LogP contribution in [0.25, 0.3) is 0 Å². The second kappa shape index (κ2) is 7.33. The van der Waals surface area contributed by atoms with Crippen LogP contribution < -0.4 is 10.9 Å².